The average molecular weight is 115 g/mol. The molecule has 3 heteroatoms. The third kappa shape index (κ3) is 0.981. The minimum atomic E-state index is 0.653. The van der Waals surface area contributed by atoms with Crippen LogP contribution in [0.1, 0.15) is 0 Å². The maximum Gasteiger partial charge on any atom is 0.157 e. The molecular weight excluding hydrogens is 110 g/mol. The molecule has 7 heavy (non-hydrogen) atoms. The first-order valence-electron chi connectivity index (χ1n) is 2.05. The summed E-state index contributed by atoms with van der Waals surface area (Å²) in [6, 6.07) is 0. The van der Waals surface area contributed by atoms with Gasteiger partial charge in [0, 0.05) is 12.3 Å². The van der Waals surface area contributed by atoms with Crippen LogP contribution in [-0.4, -0.2) is 18.2 Å². The van der Waals surface area contributed by atoms with Crippen molar-refractivity contribution in [1.82, 2.24) is 5.32 Å². The van der Waals surface area contributed by atoms with E-state index in [1.165, 1.54) is 11.8 Å². The lowest BCUT2D eigenvalue weighted by atomic mass is 10.7. The third-order valence-corrected chi connectivity index (χ3v) is 1.65. The summed E-state index contributed by atoms with van der Waals surface area (Å²) < 4.78 is 0. The average Bonchev–Trinajstić information content (AvgIpc) is 2.14. The van der Waals surface area contributed by atoms with E-state index in [0.29, 0.717) is 5.03 Å². The molecule has 1 aliphatic heterocycles. The highest BCUT2D eigenvalue weighted by Crippen LogP contribution is 2.13. The van der Waals surface area contributed by atoms with Gasteiger partial charge in [-0.2, -0.15) is 0 Å². The molecule has 0 spiro atoms. The maximum atomic E-state index is 9.76. The topological polar surface area (TPSA) is 29.1 Å². The molecule has 38 valence electrons. The summed E-state index contributed by atoms with van der Waals surface area (Å²) in [6.07, 6.45) is 0. The van der Waals surface area contributed by atoms with E-state index >= 15 is 0 Å². The second-order valence-corrected chi connectivity index (χ2v) is 2.31. The summed E-state index contributed by atoms with van der Waals surface area (Å²) in [6.45, 7) is 0.912. The normalized spacial score (nSPS) is 18.6. The molecule has 0 saturated carbocycles. The third-order valence-electron chi connectivity index (χ3n) is 0.727. The standard InChI is InChI=1S/C4H5NOS/c6-3-4-5-1-2-7-4/h5H,1-2H2. The minimum Gasteiger partial charge on any atom is -0.370 e. The van der Waals surface area contributed by atoms with Gasteiger partial charge < -0.3 is 5.32 Å². The molecule has 0 aromatic heterocycles. The van der Waals surface area contributed by atoms with Gasteiger partial charge in [0.25, 0.3) is 0 Å². The Kier molecular flexibility index (Phi) is 1.39. The van der Waals surface area contributed by atoms with Crippen molar-refractivity contribution in [2.45, 2.75) is 0 Å². The predicted molar refractivity (Wildman–Crippen MR) is 29.7 cm³/mol. The zero-order valence-electron chi connectivity index (χ0n) is 3.73. The molecule has 1 rings (SSSR count). The van der Waals surface area contributed by atoms with E-state index in [0.717, 1.165) is 12.3 Å². The Morgan fingerprint density at radius 2 is 2.71 bits per heavy atom. The van der Waals surface area contributed by atoms with E-state index in [2.05, 4.69) is 5.32 Å². The second-order valence-electron chi connectivity index (χ2n) is 1.21. The summed E-state index contributed by atoms with van der Waals surface area (Å²) >= 11 is 1.52. The van der Waals surface area contributed by atoms with Crippen LogP contribution in [-0.2, 0) is 4.79 Å². The Labute approximate surface area is 46.0 Å². The number of rotatable bonds is 0. The summed E-state index contributed by atoms with van der Waals surface area (Å²) in [5.41, 5.74) is 0. The molecule has 1 N–H and O–H groups in total. The number of thioether (sulfide) groups is 1. The Morgan fingerprint density at radius 3 is 3.00 bits per heavy atom. The van der Waals surface area contributed by atoms with Crippen molar-refractivity contribution in [2.75, 3.05) is 12.3 Å². The molecular formula is C4H5NOS. The number of carbonyl (C=O) groups excluding carboxylic acids is 1. The van der Waals surface area contributed by atoms with Gasteiger partial charge in [-0.25, -0.2) is 4.79 Å². The van der Waals surface area contributed by atoms with Gasteiger partial charge in [-0.05, 0) is 0 Å². The van der Waals surface area contributed by atoms with E-state index in [4.69, 9.17) is 0 Å². The molecule has 0 unspecified atom stereocenters. The lowest BCUT2D eigenvalue weighted by Gasteiger charge is -1.82. The van der Waals surface area contributed by atoms with Gasteiger partial charge in [0.05, 0.1) is 0 Å². The van der Waals surface area contributed by atoms with Crippen molar-refractivity contribution in [1.29, 1.82) is 0 Å². The summed E-state index contributed by atoms with van der Waals surface area (Å²) in [5.74, 6) is 2.79. The van der Waals surface area contributed by atoms with Gasteiger partial charge in [0.1, 0.15) is 0 Å². The molecule has 1 aliphatic rings. The summed E-state index contributed by atoms with van der Waals surface area (Å²) in [7, 11) is 0. The van der Waals surface area contributed by atoms with Crippen molar-refractivity contribution in [3.63, 3.8) is 0 Å². The fourth-order valence-corrected chi connectivity index (χ4v) is 1.11. The molecule has 0 aliphatic carbocycles. The van der Waals surface area contributed by atoms with Gasteiger partial charge in [-0.15, -0.1) is 0 Å². The van der Waals surface area contributed by atoms with Crippen LogP contribution in [0.15, 0.2) is 5.03 Å². The van der Waals surface area contributed by atoms with Crippen molar-refractivity contribution in [3.8, 4) is 0 Å². The predicted octanol–water partition coefficient (Wildman–Crippen LogP) is -0.00420. The molecule has 0 bridgehead atoms. The van der Waals surface area contributed by atoms with E-state index in [-0.39, 0.29) is 0 Å². The number of hydrogen-bond acceptors (Lipinski definition) is 3. The number of hydrogen-bond donors (Lipinski definition) is 1. The second kappa shape index (κ2) is 2.05. The van der Waals surface area contributed by atoms with E-state index in [1.807, 2.05) is 0 Å². The van der Waals surface area contributed by atoms with Gasteiger partial charge >= 0.3 is 0 Å². The summed E-state index contributed by atoms with van der Waals surface area (Å²) in [5, 5.41) is 3.52. The Hall–Kier alpha value is -0.400. The molecule has 0 atom stereocenters. The highest BCUT2D eigenvalue weighted by molar-refractivity contribution is 8.03. The Balaban J connectivity index is 2.57. The lowest BCUT2D eigenvalue weighted by Crippen LogP contribution is -2.03. The van der Waals surface area contributed by atoms with Crippen LogP contribution in [0.5, 0.6) is 0 Å². The van der Waals surface area contributed by atoms with E-state index in [1.54, 1.807) is 5.94 Å². The monoisotopic (exact) mass is 115 g/mol. The van der Waals surface area contributed by atoms with Crippen LogP contribution in [0.3, 0.4) is 0 Å². The Morgan fingerprint density at radius 1 is 1.86 bits per heavy atom. The highest BCUT2D eigenvalue weighted by atomic mass is 32.2. The molecule has 0 aromatic rings. The first-order valence-corrected chi connectivity index (χ1v) is 3.04. The van der Waals surface area contributed by atoms with Crippen LogP contribution in [0.25, 0.3) is 0 Å². The van der Waals surface area contributed by atoms with Gasteiger partial charge in [-0.1, -0.05) is 11.8 Å². The largest absolute Gasteiger partial charge is 0.370 e. The SMILES string of the molecule is O=C=C1NCCS1. The lowest BCUT2D eigenvalue weighted by molar-refractivity contribution is 0.567. The van der Waals surface area contributed by atoms with Crippen molar-refractivity contribution in [3.05, 3.63) is 5.03 Å². The molecule has 1 heterocycles. The zero-order chi connectivity index (χ0) is 5.11. The summed E-state index contributed by atoms with van der Waals surface area (Å²) in [4.78, 5) is 9.76. The van der Waals surface area contributed by atoms with E-state index in [9.17, 15) is 4.79 Å². The zero-order valence-corrected chi connectivity index (χ0v) is 4.55. The molecule has 2 nitrogen and oxygen atoms in total. The van der Waals surface area contributed by atoms with Crippen molar-refractivity contribution in [2.24, 2.45) is 0 Å². The van der Waals surface area contributed by atoms with Gasteiger partial charge in [-0.3, -0.25) is 0 Å². The molecule has 0 aromatic carbocycles. The highest BCUT2D eigenvalue weighted by Gasteiger charge is 2.04. The smallest absolute Gasteiger partial charge is 0.157 e. The molecule has 0 radical (unpaired) electrons. The fourth-order valence-electron chi connectivity index (χ4n) is 0.434. The fraction of sp³-hybridized carbons (Fsp3) is 0.500. The van der Waals surface area contributed by atoms with Crippen LogP contribution < -0.4 is 5.32 Å². The number of nitrogens with one attached hydrogen (secondary N) is 1. The first kappa shape index (κ1) is 4.75. The van der Waals surface area contributed by atoms with Crippen molar-refractivity contribution < 1.29 is 4.79 Å². The first-order chi connectivity index (χ1) is 3.43. The van der Waals surface area contributed by atoms with Crippen molar-refractivity contribution >= 4 is 17.7 Å². The molecule has 0 amide bonds. The van der Waals surface area contributed by atoms with Crippen LogP contribution in [0.2, 0.25) is 0 Å². The molecule has 1 saturated heterocycles. The minimum absolute atomic E-state index is 0.653. The van der Waals surface area contributed by atoms with Crippen LogP contribution in [0, 0.1) is 0 Å². The Bertz CT molecular complexity index is 109. The van der Waals surface area contributed by atoms with Crippen LogP contribution in [0.4, 0.5) is 0 Å². The quantitative estimate of drug-likeness (QED) is 0.450. The molecule has 1 fully saturated rings. The van der Waals surface area contributed by atoms with Gasteiger partial charge in [0.2, 0.25) is 0 Å². The van der Waals surface area contributed by atoms with E-state index < -0.39 is 0 Å². The van der Waals surface area contributed by atoms with Crippen LogP contribution >= 0.6 is 11.8 Å². The maximum absolute atomic E-state index is 9.76. The van der Waals surface area contributed by atoms with Gasteiger partial charge in [0.15, 0.2) is 11.0 Å².